The lowest BCUT2D eigenvalue weighted by Gasteiger charge is -2.23. The molecule has 6 aromatic rings. The minimum atomic E-state index is -4.39. The normalized spacial score (nSPS) is 12.1. The first-order valence-electron chi connectivity index (χ1n) is 13.8. The molecule has 0 saturated carbocycles. The van der Waals surface area contributed by atoms with Crippen molar-refractivity contribution in [3.8, 4) is 33.4 Å². The molecule has 0 heterocycles. The van der Waals surface area contributed by atoms with E-state index in [4.69, 9.17) is 4.18 Å². The smallest absolute Gasteiger partial charge is 0.267 e. The predicted octanol–water partition coefficient (Wildman–Crippen LogP) is 7.63. The highest BCUT2D eigenvalue weighted by Gasteiger charge is 2.33. The van der Waals surface area contributed by atoms with Crippen LogP contribution in [-0.4, -0.2) is 30.5 Å². The summed E-state index contributed by atoms with van der Waals surface area (Å²) in [6.45, 7) is 1.53. The summed E-state index contributed by atoms with van der Waals surface area (Å²) in [5, 5.41) is 2.71. The molecular weight excluding hydrogens is 579 g/mol. The zero-order valence-corrected chi connectivity index (χ0v) is 25.2. The van der Waals surface area contributed by atoms with Crippen molar-refractivity contribution >= 4 is 41.7 Å². The topological polar surface area (TPSA) is 89.5 Å². The largest absolute Gasteiger partial charge is 0.298 e. The molecule has 0 atom stereocenters. The Morgan fingerprint density at radius 2 is 1.00 bits per heavy atom. The van der Waals surface area contributed by atoms with Gasteiger partial charge in [0.05, 0.1) is 11.5 Å². The number of rotatable bonds is 8. The van der Waals surface area contributed by atoms with Crippen LogP contribution in [0.1, 0.15) is 6.92 Å². The summed E-state index contributed by atoms with van der Waals surface area (Å²) >= 11 is 0. The van der Waals surface area contributed by atoms with Gasteiger partial charge in [0.1, 0.15) is 4.90 Å². The second-order valence-electron chi connectivity index (χ2n) is 10.00. The molecule has 0 aromatic heterocycles. The van der Waals surface area contributed by atoms with Gasteiger partial charge in [0.2, 0.25) is 10.0 Å². The van der Waals surface area contributed by atoms with Crippen molar-refractivity contribution in [2.24, 2.45) is 0 Å². The average Bonchev–Trinajstić information content (AvgIpc) is 3.03. The van der Waals surface area contributed by atoms with Gasteiger partial charge < -0.3 is 0 Å². The zero-order valence-electron chi connectivity index (χ0n) is 23.6. The van der Waals surface area contributed by atoms with Gasteiger partial charge in [0.25, 0.3) is 10.1 Å². The first kappa shape index (κ1) is 28.8. The molecule has 43 heavy (non-hydrogen) atoms. The number of fused-ring (bicyclic) bond motifs is 2. The van der Waals surface area contributed by atoms with Gasteiger partial charge in [-0.3, -0.25) is 4.18 Å². The second kappa shape index (κ2) is 11.4. The summed E-state index contributed by atoms with van der Waals surface area (Å²) < 4.78 is 64.6. The van der Waals surface area contributed by atoms with Crippen molar-refractivity contribution in [3.05, 3.63) is 121 Å². The molecule has 0 spiro atoms. The summed E-state index contributed by atoms with van der Waals surface area (Å²) in [5.41, 5.74) is 2.78. The standard InChI is InChI=1S/C35H29NO5S2/c1-3-41-43(39,40)35-31(25-16-8-5-9-17-25)23-27-19-11-13-21-29(27)33(35)32-28-20-12-10-18-26(28)22-30(24-14-6-4-7-15-24)34(32)42(37,38)36-2/h4-23,36H,3H2,1-2H3. The molecule has 0 aliphatic heterocycles. The predicted molar refractivity (Wildman–Crippen MR) is 173 cm³/mol. The van der Waals surface area contributed by atoms with E-state index in [2.05, 4.69) is 4.72 Å². The molecule has 1 N–H and O–H groups in total. The van der Waals surface area contributed by atoms with E-state index in [1.165, 1.54) is 7.05 Å². The van der Waals surface area contributed by atoms with E-state index in [9.17, 15) is 16.8 Å². The van der Waals surface area contributed by atoms with E-state index in [1.54, 1.807) is 6.92 Å². The summed E-state index contributed by atoms with van der Waals surface area (Å²) in [7, 11) is -7.18. The van der Waals surface area contributed by atoms with Crippen LogP contribution >= 0.6 is 0 Å². The fourth-order valence-electron chi connectivity index (χ4n) is 5.67. The van der Waals surface area contributed by atoms with Gasteiger partial charge in [-0.1, -0.05) is 109 Å². The Kier molecular flexibility index (Phi) is 7.62. The number of nitrogens with one attached hydrogen (secondary N) is 1. The Bertz CT molecular complexity index is 2200. The minimum Gasteiger partial charge on any atom is -0.267 e. The molecule has 216 valence electrons. The molecule has 0 radical (unpaired) electrons. The molecule has 0 aliphatic rings. The lowest BCUT2D eigenvalue weighted by atomic mass is 9.88. The van der Waals surface area contributed by atoms with Crippen molar-refractivity contribution in [1.82, 2.24) is 4.72 Å². The average molecular weight is 608 g/mol. The molecule has 6 nitrogen and oxygen atoms in total. The molecule has 0 aliphatic carbocycles. The van der Waals surface area contributed by atoms with Crippen LogP contribution in [0.25, 0.3) is 54.9 Å². The van der Waals surface area contributed by atoms with Crippen LogP contribution in [0.4, 0.5) is 0 Å². The molecule has 0 bridgehead atoms. The van der Waals surface area contributed by atoms with Gasteiger partial charge in [-0.2, -0.15) is 8.42 Å². The maximum atomic E-state index is 14.2. The first-order valence-corrected chi connectivity index (χ1v) is 16.7. The van der Waals surface area contributed by atoms with Crippen molar-refractivity contribution in [1.29, 1.82) is 0 Å². The second-order valence-corrected chi connectivity index (χ2v) is 13.4. The first-order chi connectivity index (χ1) is 20.8. The van der Waals surface area contributed by atoms with Gasteiger partial charge in [-0.25, -0.2) is 13.1 Å². The lowest BCUT2D eigenvalue weighted by molar-refractivity contribution is 0.338. The van der Waals surface area contributed by atoms with Crippen LogP contribution in [-0.2, 0) is 24.3 Å². The van der Waals surface area contributed by atoms with E-state index >= 15 is 0 Å². The lowest BCUT2D eigenvalue weighted by Crippen LogP contribution is -2.21. The Morgan fingerprint density at radius 1 is 0.581 bits per heavy atom. The van der Waals surface area contributed by atoms with E-state index < -0.39 is 20.1 Å². The fourth-order valence-corrected chi connectivity index (χ4v) is 8.16. The number of sulfonamides is 1. The number of benzene rings is 6. The molecule has 6 rings (SSSR count). The Labute approximate surface area is 251 Å². The third-order valence-corrected chi connectivity index (χ3v) is 10.5. The SMILES string of the molecule is CCOS(=O)(=O)c1c(-c2ccccc2)cc2ccccc2c1-c1c(S(=O)(=O)NC)c(-c2ccccc2)cc2ccccc12. The molecular formula is C35H29NO5S2. The quantitative estimate of drug-likeness (QED) is 0.180. The molecule has 6 aromatic carbocycles. The Hall–Kier alpha value is -4.34. The van der Waals surface area contributed by atoms with Crippen LogP contribution in [0.2, 0.25) is 0 Å². The van der Waals surface area contributed by atoms with Gasteiger partial charge in [-0.05, 0) is 58.8 Å². The molecule has 0 fully saturated rings. The number of hydrogen-bond donors (Lipinski definition) is 1. The summed E-state index contributed by atoms with van der Waals surface area (Å²) in [5.74, 6) is 0. The Morgan fingerprint density at radius 3 is 1.47 bits per heavy atom. The van der Waals surface area contributed by atoms with Crippen LogP contribution in [0, 0.1) is 0 Å². The molecule has 8 heteroatoms. The van der Waals surface area contributed by atoms with Crippen LogP contribution in [0.3, 0.4) is 0 Å². The molecule has 0 saturated heterocycles. The van der Waals surface area contributed by atoms with Gasteiger partial charge in [-0.15, -0.1) is 0 Å². The highest BCUT2D eigenvalue weighted by molar-refractivity contribution is 7.89. The van der Waals surface area contributed by atoms with Crippen molar-refractivity contribution in [2.75, 3.05) is 13.7 Å². The van der Waals surface area contributed by atoms with Crippen LogP contribution < -0.4 is 4.72 Å². The van der Waals surface area contributed by atoms with Gasteiger partial charge in [0.15, 0.2) is 0 Å². The summed E-state index contributed by atoms with van der Waals surface area (Å²) in [4.78, 5) is -0.0922. The zero-order chi connectivity index (χ0) is 30.2. The highest BCUT2D eigenvalue weighted by atomic mass is 32.2. The fraction of sp³-hybridized carbons (Fsp3) is 0.0857. The molecule has 0 amide bonds. The number of hydrogen-bond acceptors (Lipinski definition) is 5. The highest BCUT2D eigenvalue weighted by Crippen LogP contribution is 2.49. The van der Waals surface area contributed by atoms with Gasteiger partial charge in [0, 0.05) is 22.3 Å². The van der Waals surface area contributed by atoms with Crippen molar-refractivity contribution in [2.45, 2.75) is 16.7 Å². The third-order valence-electron chi connectivity index (χ3n) is 7.48. The minimum absolute atomic E-state index is 0.0109. The maximum absolute atomic E-state index is 14.2. The monoisotopic (exact) mass is 607 g/mol. The van der Waals surface area contributed by atoms with Crippen LogP contribution in [0.5, 0.6) is 0 Å². The van der Waals surface area contributed by atoms with E-state index in [0.717, 1.165) is 10.8 Å². The maximum Gasteiger partial charge on any atom is 0.298 e. The van der Waals surface area contributed by atoms with Crippen molar-refractivity contribution < 1.29 is 21.0 Å². The Balaban J connectivity index is 1.95. The summed E-state index contributed by atoms with van der Waals surface area (Å²) in [6, 6.07) is 37.0. The van der Waals surface area contributed by atoms with E-state index in [1.807, 2.05) is 121 Å². The molecule has 0 unspecified atom stereocenters. The summed E-state index contributed by atoms with van der Waals surface area (Å²) in [6.07, 6.45) is 0. The van der Waals surface area contributed by atoms with E-state index in [-0.39, 0.29) is 22.0 Å². The van der Waals surface area contributed by atoms with Gasteiger partial charge >= 0.3 is 0 Å². The van der Waals surface area contributed by atoms with E-state index in [0.29, 0.717) is 38.6 Å². The van der Waals surface area contributed by atoms with Crippen LogP contribution in [0.15, 0.2) is 131 Å². The third kappa shape index (κ3) is 5.13. The van der Waals surface area contributed by atoms with Crippen molar-refractivity contribution in [3.63, 3.8) is 0 Å².